The van der Waals surface area contributed by atoms with Crippen LogP contribution >= 0.6 is 11.3 Å². The van der Waals surface area contributed by atoms with Gasteiger partial charge in [0.05, 0.1) is 18.2 Å². The third-order valence-corrected chi connectivity index (χ3v) is 5.15. The molecule has 2 unspecified atom stereocenters. The molecule has 8 heteroatoms. The number of alkyl halides is 1. The van der Waals surface area contributed by atoms with Crippen molar-refractivity contribution in [3.05, 3.63) is 22.0 Å². The quantitative estimate of drug-likeness (QED) is 0.930. The highest BCUT2D eigenvalue weighted by molar-refractivity contribution is 7.10. The lowest BCUT2D eigenvalue weighted by Crippen LogP contribution is -2.36. The van der Waals surface area contributed by atoms with E-state index in [2.05, 4.69) is 30.4 Å². The summed E-state index contributed by atoms with van der Waals surface area (Å²) in [6.45, 7) is 5.01. The van der Waals surface area contributed by atoms with E-state index in [4.69, 9.17) is 4.74 Å². The second-order valence-corrected chi connectivity index (χ2v) is 6.85. The molecule has 3 heterocycles. The van der Waals surface area contributed by atoms with Crippen molar-refractivity contribution in [2.24, 2.45) is 5.92 Å². The average Bonchev–Trinajstić information content (AvgIpc) is 2.91. The van der Waals surface area contributed by atoms with Gasteiger partial charge in [0, 0.05) is 30.8 Å². The Balaban J connectivity index is 1.41. The number of hydrogen-bond acceptors (Lipinski definition) is 6. The van der Waals surface area contributed by atoms with Crippen LogP contribution in [-0.2, 0) is 16.8 Å². The number of aryl methyl sites for hydroxylation is 1. The first-order chi connectivity index (χ1) is 10.6. The van der Waals surface area contributed by atoms with E-state index in [9.17, 15) is 4.39 Å². The van der Waals surface area contributed by atoms with Crippen molar-refractivity contribution in [2.75, 3.05) is 31.2 Å². The van der Waals surface area contributed by atoms with Gasteiger partial charge in [0.1, 0.15) is 11.6 Å². The Labute approximate surface area is 131 Å². The summed E-state index contributed by atoms with van der Waals surface area (Å²) in [5, 5.41) is 9.72. The lowest BCUT2D eigenvalue weighted by atomic mass is 10.2. The average molecular weight is 323 g/mol. The Morgan fingerprint density at radius 2 is 2.27 bits per heavy atom. The van der Waals surface area contributed by atoms with Crippen LogP contribution in [0.2, 0.25) is 0 Å². The molecule has 2 atom stereocenters. The zero-order valence-electron chi connectivity index (χ0n) is 12.4. The van der Waals surface area contributed by atoms with E-state index in [1.54, 1.807) is 18.3 Å². The number of anilines is 1. The Morgan fingerprint density at radius 1 is 1.45 bits per heavy atom. The Bertz CT molecular complexity index is 668. The molecule has 0 amide bonds. The molecule has 2 fully saturated rings. The van der Waals surface area contributed by atoms with E-state index in [0.29, 0.717) is 24.5 Å². The van der Waals surface area contributed by atoms with Gasteiger partial charge in [-0.3, -0.25) is 5.10 Å². The maximum Gasteiger partial charge on any atom is 0.188 e. The van der Waals surface area contributed by atoms with Gasteiger partial charge < -0.3 is 9.64 Å². The maximum absolute atomic E-state index is 14.8. The van der Waals surface area contributed by atoms with Gasteiger partial charge in [-0.25, -0.2) is 14.4 Å². The summed E-state index contributed by atoms with van der Waals surface area (Å²) < 4.78 is 20.1. The van der Waals surface area contributed by atoms with Gasteiger partial charge in [0.25, 0.3) is 0 Å². The Hall–Kier alpha value is -1.54. The number of aromatic nitrogens is 4. The van der Waals surface area contributed by atoms with Crippen LogP contribution in [0.25, 0.3) is 0 Å². The van der Waals surface area contributed by atoms with Gasteiger partial charge in [-0.05, 0) is 13.3 Å². The van der Waals surface area contributed by atoms with Crippen molar-refractivity contribution in [3.8, 4) is 0 Å². The van der Waals surface area contributed by atoms with E-state index in [0.717, 1.165) is 37.1 Å². The van der Waals surface area contributed by atoms with Crippen molar-refractivity contribution >= 4 is 17.2 Å². The van der Waals surface area contributed by atoms with Crippen LogP contribution in [0.1, 0.15) is 23.1 Å². The van der Waals surface area contributed by atoms with E-state index in [1.807, 2.05) is 0 Å². The fourth-order valence-corrected chi connectivity index (χ4v) is 3.77. The van der Waals surface area contributed by atoms with Crippen LogP contribution in [0.15, 0.2) is 5.38 Å². The molecule has 0 aromatic carbocycles. The standard InChI is InChI=1S/C14H18FN5OS/c1-9-16-13(19-18-9)14(15)7-10(14)6-12-17-11(8-22-12)20-2-4-21-5-3-20/h8,10H,2-7H2,1H3,(H,16,18,19). The van der Waals surface area contributed by atoms with Crippen molar-refractivity contribution in [1.29, 1.82) is 0 Å². The number of hydrogen-bond donors (Lipinski definition) is 1. The van der Waals surface area contributed by atoms with Crippen LogP contribution in [0.4, 0.5) is 10.2 Å². The Morgan fingerprint density at radius 3 is 3.00 bits per heavy atom. The smallest absolute Gasteiger partial charge is 0.188 e. The second kappa shape index (κ2) is 5.27. The van der Waals surface area contributed by atoms with E-state index in [-0.39, 0.29) is 5.92 Å². The minimum atomic E-state index is -1.38. The molecule has 1 aliphatic heterocycles. The summed E-state index contributed by atoms with van der Waals surface area (Å²) in [5.41, 5.74) is -1.38. The second-order valence-electron chi connectivity index (χ2n) is 5.91. The lowest BCUT2D eigenvalue weighted by Gasteiger charge is -2.26. The van der Waals surface area contributed by atoms with Gasteiger partial charge in [0.2, 0.25) is 0 Å². The van der Waals surface area contributed by atoms with Crippen LogP contribution in [0, 0.1) is 12.8 Å². The molecule has 0 bridgehead atoms. The molecule has 1 N–H and O–H groups in total. The van der Waals surface area contributed by atoms with Gasteiger partial charge in [-0.1, -0.05) is 0 Å². The number of nitrogens with one attached hydrogen (secondary N) is 1. The molecular weight excluding hydrogens is 305 g/mol. The van der Waals surface area contributed by atoms with E-state index < -0.39 is 5.67 Å². The van der Waals surface area contributed by atoms with Gasteiger partial charge >= 0.3 is 0 Å². The number of thiazole rings is 1. The van der Waals surface area contributed by atoms with Crippen LogP contribution in [0.3, 0.4) is 0 Å². The lowest BCUT2D eigenvalue weighted by molar-refractivity contribution is 0.122. The van der Waals surface area contributed by atoms with Crippen molar-refractivity contribution in [3.63, 3.8) is 0 Å². The SMILES string of the molecule is Cc1nc(C2(F)CC2Cc2nc(N3CCOCC3)cs2)n[nH]1. The highest BCUT2D eigenvalue weighted by atomic mass is 32.1. The molecule has 4 rings (SSSR count). The molecule has 2 aliphatic rings. The Kier molecular flexibility index (Phi) is 3.37. The molecule has 1 aliphatic carbocycles. The maximum atomic E-state index is 14.8. The highest BCUT2D eigenvalue weighted by Gasteiger charge is 2.59. The topological polar surface area (TPSA) is 66.9 Å². The first-order valence-corrected chi connectivity index (χ1v) is 8.38. The zero-order chi connectivity index (χ0) is 15.2. The van der Waals surface area contributed by atoms with Crippen molar-refractivity contribution in [1.82, 2.24) is 20.2 Å². The normalized spacial score (nSPS) is 28.1. The van der Waals surface area contributed by atoms with Crippen LogP contribution < -0.4 is 4.90 Å². The van der Waals surface area contributed by atoms with Crippen LogP contribution in [-0.4, -0.2) is 46.5 Å². The predicted octanol–water partition coefficient (Wildman–Crippen LogP) is 1.83. The summed E-state index contributed by atoms with van der Waals surface area (Å²) in [6.07, 6.45) is 1.13. The molecule has 6 nitrogen and oxygen atoms in total. The largest absolute Gasteiger partial charge is 0.378 e. The number of rotatable bonds is 4. The van der Waals surface area contributed by atoms with E-state index in [1.165, 1.54) is 0 Å². The minimum absolute atomic E-state index is 0.0635. The molecule has 0 radical (unpaired) electrons. The molecule has 0 spiro atoms. The van der Waals surface area contributed by atoms with Gasteiger partial charge in [-0.2, -0.15) is 5.10 Å². The van der Waals surface area contributed by atoms with E-state index >= 15 is 0 Å². The van der Waals surface area contributed by atoms with Gasteiger partial charge in [-0.15, -0.1) is 11.3 Å². The number of morpholine rings is 1. The molecule has 118 valence electrons. The summed E-state index contributed by atoms with van der Waals surface area (Å²) in [7, 11) is 0. The summed E-state index contributed by atoms with van der Waals surface area (Å²) >= 11 is 1.60. The molecule has 1 saturated carbocycles. The first kappa shape index (κ1) is 14.1. The fraction of sp³-hybridized carbons (Fsp3) is 0.643. The molecule has 2 aromatic heterocycles. The van der Waals surface area contributed by atoms with Crippen molar-refractivity contribution < 1.29 is 9.13 Å². The summed E-state index contributed by atoms with van der Waals surface area (Å²) in [6, 6.07) is 0. The molecule has 1 saturated heterocycles. The minimum Gasteiger partial charge on any atom is -0.378 e. The highest BCUT2D eigenvalue weighted by Crippen LogP contribution is 2.56. The fourth-order valence-electron chi connectivity index (χ4n) is 2.88. The number of nitrogens with zero attached hydrogens (tertiary/aromatic N) is 4. The summed E-state index contributed by atoms with van der Waals surface area (Å²) in [4.78, 5) is 11.0. The van der Waals surface area contributed by atoms with Crippen LogP contribution in [0.5, 0.6) is 0 Å². The number of halogens is 1. The number of aromatic amines is 1. The number of H-pyrrole nitrogens is 1. The van der Waals surface area contributed by atoms with Crippen molar-refractivity contribution in [2.45, 2.75) is 25.4 Å². The predicted molar refractivity (Wildman–Crippen MR) is 80.9 cm³/mol. The molecule has 2 aromatic rings. The third-order valence-electron chi connectivity index (χ3n) is 4.30. The third kappa shape index (κ3) is 2.50. The molecule has 22 heavy (non-hydrogen) atoms. The van der Waals surface area contributed by atoms with Gasteiger partial charge in [0.15, 0.2) is 11.5 Å². The number of ether oxygens (including phenoxy) is 1. The summed E-state index contributed by atoms with van der Waals surface area (Å²) in [5.74, 6) is 1.87. The monoisotopic (exact) mass is 323 g/mol. The first-order valence-electron chi connectivity index (χ1n) is 7.50. The molecular formula is C14H18FN5OS. The zero-order valence-corrected chi connectivity index (χ0v) is 13.2.